The molecule has 2 aromatic heterocycles. The van der Waals surface area contributed by atoms with E-state index < -0.39 is 0 Å². The average molecular weight is 913 g/mol. The third kappa shape index (κ3) is 10.9. The van der Waals surface area contributed by atoms with E-state index in [4.69, 9.17) is 9.36 Å². The molecule has 0 saturated carbocycles. The van der Waals surface area contributed by atoms with Gasteiger partial charge in [0, 0.05) is 33.5 Å². The molecule has 356 valence electrons. The highest BCUT2D eigenvalue weighted by Crippen LogP contribution is 2.57. The van der Waals surface area contributed by atoms with Crippen LogP contribution < -0.4 is 0 Å². The maximum atomic E-state index is 5.46. The fraction of sp³-hybridized carbons (Fsp3) is 0.531. The third-order valence-corrected chi connectivity index (χ3v) is 17.2. The quantitative estimate of drug-likeness (QED) is 0.0421. The lowest BCUT2D eigenvalue weighted by molar-refractivity contribution is 0.398. The Morgan fingerprint density at radius 1 is 0.373 bits per heavy atom. The topological polar surface area (TPSA) is 25.8 Å². The monoisotopic (exact) mass is 913 g/mol. The van der Waals surface area contributed by atoms with Crippen LogP contribution in [-0.4, -0.2) is 9.36 Å². The lowest BCUT2D eigenvalue weighted by Crippen LogP contribution is -2.25. The van der Waals surface area contributed by atoms with Gasteiger partial charge >= 0.3 is 0 Å². The summed E-state index contributed by atoms with van der Waals surface area (Å²) in [5.41, 5.74) is 17.0. The van der Waals surface area contributed by atoms with Crippen LogP contribution in [0.2, 0.25) is 0 Å². The number of aromatic nitrogens is 2. The second-order valence-corrected chi connectivity index (χ2v) is 21.7. The van der Waals surface area contributed by atoms with E-state index >= 15 is 0 Å². The molecule has 2 aliphatic carbocycles. The summed E-state index contributed by atoms with van der Waals surface area (Å²) in [6.45, 7) is 9.31. The highest BCUT2D eigenvalue weighted by molar-refractivity contribution is 7.14. The minimum Gasteiger partial charge on any atom is -0.255 e. The largest absolute Gasteiger partial charge is 0.255 e. The molecule has 67 heavy (non-hydrogen) atoms. The number of hydrogen-bond acceptors (Lipinski definition) is 3. The van der Waals surface area contributed by atoms with Gasteiger partial charge in [-0.1, -0.05) is 255 Å². The van der Waals surface area contributed by atoms with Crippen molar-refractivity contribution >= 4 is 21.6 Å². The maximum absolute atomic E-state index is 5.46. The van der Waals surface area contributed by atoms with Gasteiger partial charge in [-0.2, -0.15) is 4.37 Å². The predicted octanol–water partition coefficient (Wildman–Crippen LogP) is 20.6. The Hall–Kier alpha value is -4.08. The van der Waals surface area contributed by atoms with Gasteiger partial charge in [-0.05, 0) is 99.4 Å². The highest BCUT2D eigenvalue weighted by Gasteiger charge is 2.44. The van der Waals surface area contributed by atoms with Gasteiger partial charge in [-0.15, -0.1) is 0 Å². The van der Waals surface area contributed by atoms with E-state index in [-0.39, 0.29) is 10.8 Å². The summed E-state index contributed by atoms with van der Waals surface area (Å²) in [5.74, 6) is 0. The summed E-state index contributed by atoms with van der Waals surface area (Å²) in [5, 5.41) is 1.18. The van der Waals surface area contributed by atoms with Crippen molar-refractivity contribution in [2.24, 2.45) is 0 Å². The summed E-state index contributed by atoms with van der Waals surface area (Å²) in [6, 6.07) is 33.7. The minimum absolute atomic E-state index is 0.0446. The second-order valence-electron chi connectivity index (χ2n) is 20.9. The van der Waals surface area contributed by atoms with Crippen LogP contribution in [-0.2, 0) is 10.8 Å². The van der Waals surface area contributed by atoms with Crippen molar-refractivity contribution in [3.05, 3.63) is 120 Å². The Morgan fingerprint density at radius 2 is 0.761 bits per heavy atom. The summed E-state index contributed by atoms with van der Waals surface area (Å²) in [4.78, 5) is 5.46. The molecule has 0 amide bonds. The normalized spacial score (nSPS) is 14.1. The Labute approximate surface area is 411 Å². The summed E-state index contributed by atoms with van der Waals surface area (Å²) >= 11 is 1.65. The minimum atomic E-state index is 0.0446. The van der Waals surface area contributed by atoms with Gasteiger partial charge in [0.25, 0.3) is 0 Å². The first-order valence-electron chi connectivity index (χ1n) is 27.8. The summed E-state index contributed by atoms with van der Waals surface area (Å²) in [6.07, 6.45) is 41.2. The van der Waals surface area contributed by atoms with Gasteiger partial charge in [0.15, 0.2) is 0 Å². The zero-order chi connectivity index (χ0) is 46.3. The van der Waals surface area contributed by atoms with Gasteiger partial charge < -0.3 is 0 Å². The van der Waals surface area contributed by atoms with Gasteiger partial charge in [0.2, 0.25) is 0 Å². The molecule has 0 radical (unpaired) electrons. The SMILES string of the molecule is CCCCCCCCC1(CCCCCCCC)c2ccccc2-c2ccc(-c3ncc(-c4ccc5c(c4)C(CCCCCCCC)(CCCCCCCC)c4ccccc4-5)c4sncc34)cc21. The molecule has 4 aromatic carbocycles. The number of nitrogens with zero attached hydrogens (tertiary/aromatic N) is 2. The summed E-state index contributed by atoms with van der Waals surface area (Å²) < 4.78 is 6.18. The molecule has 2 heterocycles. The van der Waals surface area contributed by atoms with E-state index in [2.05, 4.69) is 125 Å². The van der Waals surface area contributed by atoms with E-state index in [0.29, 0.717) is 0 Å². The zero-order valence-electron chi connectivity index (χ0n) is 42.3. The lowest BCUT2D eigenvalue weighted by Gasteiger charge is -2.33. The van der Waals surface area contributed by atoms with E-state index in [1.165, 1.54) is 229 Å². The molecule has 0 aliphatic heterocycles. The van der Waals surface area contributed by atoms with Crippen LogP contribution in [0.15, 0.2) is 97.3 Å². The first kappa shape index (κ1) is 49.3. The molecule has 2 aliphatic rings. The molecule has 0 atom stereocenters. The van der Waals surface area contributed by atoms with Crippen LogP contribution in [0.3, 0.4) is 0 Å². The first-order valence-corrected chi connectivity index (χ1v) is 28.6. The second kappa shape index (κ2) is 24.5. The summed E-state index contributed by atoms with van der Waals surface area (Å²) in [7, 11) is 0. The van der Waals surface area contributed by atoms with Crippen LogP contribution in [0.25, 0.3) is 54.7 Å². The number of unbranched alkanes of at least 4 members (excludes halogenated alkanes) is 20. The number of fused-ring (bicyclic) bond motifs is 7. The van der Waals surface area contributed by atoms with Crippen LogP contribution in [0.1, 0.15) is 230 Å². The molecule has 3 heteroatoms. The van der Waals surface area contributed by atoms with Gasteiger partial charge in [0.05, 0.1) is 16.6 Å². The van der Waals surface area contributed by atoms with Crippen LogP contribution >= 0.6 is 11.5 Å². The maximum Gasteiger partial charge on any atom is 0.0805 e. The van der Waals surface area contributed by atoms with Crippen molar-refractivity contribution in [2.45, 2.75) is 218 Å². The van der Waals surface area contributed by atoms with Crippen molar-refractivity contribution in [3.63, 3.8) is 0 Å². The molecule has 0 bridgehead atoms. The van der Waals surface area contributed by atoms with Crippen molar-refractivity contribution < 1.29 is 0 Å². The molecule has 0 spiro atoms. The third-order valence-electron chi connectivity index (χ3n) is 16.3. The first-order chi connectivity index (χ1) is 33.1. The van der Waals surface area contributed by atoms with Crippen molar-refractivity contribution in [1.29, 1.82) is 0 Å². The molecule has 0 unspecified atom stereocenters. The Kier molecular flexibility index (Phi) is 18.0. The number of benzene rings is 4. The molecule has 0 N–H and O–H groups in total. The Morgan fingerprint density at radius 3 is 1.22 bits per heavy atom. The Balaban J connectivity index is 1.14. The van der Waals surface area contributed by atoms with E-state index in [0.717, 1.165) is 5.69 Å². The van der Waals surface area contributed by atoms with Crippen molar-refractivity contribution in [1.82, 2.24) is 9.36 Å². The molecule has 8 rings (SSSR count). The predicted molar refractivity (Wildman–Crippen MR) is 293 cm³/mol. The van der Waals surface area contributed by atoms with Crippen LogP contribution in [0.4, 0.5) is 0 Å². The van der Waals surface area contributed by atoms with Gasteiger partial charge in [0.1, 0.15) is 0 Å². The zero-order valence-corrected chi connectivity index (χ0v) is 43.2. The fourth-order valence-electron chi connectivity index (χ4n) is 12.7. The van der Waals surface area contributed by atoms with Crippen molar-refractivity contribution in [2.75, 3.05) is 0 Å². The number of rotatable bonds is 30. The molecule has 0 fully saturated rings. The molecular weight excluding hydrogens is 829 g/mol. The number of hydrogen-bond donors (Lipinski definition) is 0. The van der Waals surface area contributed by atoms with Crippen LogP contribution in [0, 0.1) is 0 Å². The van der Waals surface area contributed by atoms with Crippen LogP contribution in [0.5, 0.6) is 0 Å². The molecule has 6 aromatic rings. The Bertz CT molecular complexity index is 2270. The van der Waals surface area contributed by atoms with E-state index in [1.807, 2.05) is 0 Å². The molecular formula is C64H84N2S. The molecule has 2 nitrogen and oxygen atoms in total. The van der Waals surface area contributed by atoms with E-state index in [9.17, 15) is 0 Å². The fourth-order valence-corrected chi connectivity index (χ4v) is 13.5. The van der Waals surface area contributed by atoms with Gasteiger partial charge in [-0.25, -0.2) is 0 Å². The average Bonchev–Trinajstić information content (AvgIpc) is 4.04. The number of pyridine rings is 1. The lowest BCUT2D eigenvalue weighted by atomic mass is 9.70. The highest BCUT2D eigenvalue weighted by atomic mass is 32.1. The smallest absolute Gasteiger partial charge is 0.0805 e. The van der Waals surface area contributed by atoms with E-state index in [1.54, 1.807) is 33.8 Å². The standard InChI is InChI=1S/C64H84N2S/c1-5-9-13-17-21-29-41-63(42-30-22-18-14-10-6-2)57-35-27-25-33-51(57)53-39-37-49(45-59(53)63)55-47-65-61(56-48-66-67-62(55)56)50-38-40-54-52-34-26-28-36-58(52)64(60(54)46-50,43-31-23-19-15-11-7-3)44-32-24-20-16-12-8-4/h25-28,33-40,45-48H,5-24,29-32,41-44H2,1-4H3. The molecule has 0 saturated heterocycles. The van der Waals surface area contributed by atoms with Crippen molar-refractivity contribution in [3.8, 4) is 44.6 Å². The van der Waals surface area contributed by atoms with Gasteiger partial charge in [-0.3, -0.25) is 4.98 Å².